The molecule has 2 aliphatic rings. The van der Waals surface area contributed by atoms with Crippen LogP contribution in [-0.4, -0.2) is 5.43 Å². The molecule has 2 unspecified atom stereocenters. The average molecular weight is 463 g/mol. The van der Waals surface area contributed by atoms with E-state index in [1.54, 1.807) is 11.1 Å². The van der Waals surface area contributed by atoms with Crippen LogP contribution in [0.5, 0.6) is 0 Å². The van der Waals surface area contributed by atoms with Crippen molar-refractivity contribution in [1.29, 1.82) is 0 Å². The fourth-order valence-electron chi connectivity index (χ4n) is 3.30. The monoisotopic (exact) mass is 460 g/mol. The van der Waals surface area contributed by atoms with E-state index in [0.29, 0.717) is 10.8 Å². The van der Waals surface area contributed by atoms with Crippen LogP contribution in [0, 0.1) is 10.8 Å². The molecule has 0 bridgehead atoms. The zero-order chi connectivity index (χ0) is 16.7. The summed E-state index contributed by atoms with van der Waals surface area (Å²) in [5.74, 6) is 0. The molecule has 0 aromatic carbocycles. The maximum absolute atomic E-state index is 2.63. The SMILES string of the molecule is C[Si](C)=[Zr+2]([CH]1C=CC(C(C)(C)C)=C1)[CH]1C=CC(C(C)(C)C)=C1.[Cl-].[Cl-]. The fraction of sp³-hybridized carbons (Fsp3) is 0.600. The second-order valence-corrected chi connectivity index (χ2v) is 27.3. The van der Waals surface area contributed by atoms with E-state index >= 15 is 0 Å². The molecular weight excluding hydrogens is 430 g/mol. The van der Waals surface area contributed by atoms with Gasteiger partial charge in [-0.2, -0.15) is 0 Å². The Bertz CT molecular complexity index is 559. The van der Waals surface area contributed by atoms with E-state index < -0.39 is 20.4 Å². The number of rotatable bonds is 2. The van der Waals surface area contributed by atoms with Gasteiger partial charge in [-0.05, 0) is 0 Å². The van der Waals surface area contributed by atoms with Crippen molar-refractivity contribution in [3.63, 3.8) is 0 Å². The third-order valence-electron chi connectivity index (χ3n) is 4.71. The van der Waals surface area contributed by atoms with Gasteiger partial charge in [0.25, 0.3) is 0 Å². The Morgan fingerprint density at radius 3 is 1.29 bits per heavy atom. The molecule has 2 aliphatic carbocycles. The molecule has 0 radical (unpaired) electrons. The van der Waals surface area contributed by atoms with Gasteiger partial charge in [0.05, 0.1) is 0 Å². The van der Waals surface area contributed by atoms with Gasteiger partial charge >= 0.3 is 146 Å². The van der Waals surface area contributed by atoms with Crippen LogP contribution < -0.4 is 24.8 Å². The topological polar surface area (TPSA) is 0 Å². The molecule has 24 heavy (non-hydrogen) atoms. The van der Waals surface area contributed by atoms with Gasteiger partial charge < -0.3 is 24.8 Å². The number of halogens is 2. The second-order valence-electron chi connectivity index (χ2n) is 8.97. The molecule has 0 spiro atoms. The van der Waals surface area contributed by atoms with Crippen molar-refractivity contribution in [2.45, 2.75) is 61.9 Å². The van der Waals surface area contributed by atoms with E-state index in [0.717, 1.165) is 7.25 Å². The Morgan fingerprint density at radius 1 is 0.750 bits per heavy atom. The molecule has 0 saturated carbocycles. The van der Waals surface area contributed by atoms with Crippen molar-refractivity contribution >= 4 is 5.43 Å². The molecule has 0 aliphatic heterocycles. The fourth-order valence-corrected chi connectivity index (χ4v) is 20.9. The maximum atomic E-state index is 2.63. The van der Waals surface area contributed by atoms with Crippen molar-refractivity contribution in [3.05, 3.63) is 47.6 Å². The van der Waals surface area contributed by atoms with E-state index in [2.05, 4.69) is 91.1 Å². The zero-order valence-corrected chi connectivity index (χ0v) is 21.3. The van der Waals surface area contributed by atoms with E-state index in [9.17, 15) is 0 Å². The van der Waals surface area contributed by atoms with Crippen molar-refractivity contribution in [2.75, 3.05) is 0 Å². The van der Waals surface area contributed by atoms with Gasteiger partial charge in [0.2, 0.25) is 0 Å². The molecular formula is C20H32Cl2SiZr. The Kier molecular flexibility index (Phi) is 9.27. The Labute approximate surface area is 170 Å². The summed E-state index contributed by atoms with van der Waals surface area (Å²) in [6.07, 6.45) is 15.2. The van der Waals surface area contributed by atoms with Crippen LogP contribution in [0.4, 0.5) is 0 Å². The van der Waals surface area contributed by atoms with Gasteiger partial charge in [0.1, 0.15) is 0 Å². The predicted molar refractivity (Wildman–Crippen MR) is 98.3 cm³/mol. The molecule has 134 valence electrons. The van der Waals surface area contributed by atoms with Gasteiger partial charge in [-0.25, -0.2) is 0 Å². The Hall–Kier alpha value is 0.640. The third-order valence-corrected chi connectivity index (χ3v) is 23.6. The molecule has 0 heterocycles. The second kappa shape index (κ2) is 9.03. The minimum Gasteiger partial charge on any atom is -1.00 e. The molecule has 0 fully saturated rings. The summed E-state index contributed by atoms with van der Waals surface area (Å²) in [6.45, 7) is 19.2. The molecule has 0 aromatic rings. The van der Waals surface area contributed by atoms with Crippen LogP contribution in [-0.2, 0) is 20.4 Å². The van der Waals surface area contributed by atoms with E-state index in [-0.39, 0.29) is 30.2 Å². The van der Waals surface area contributed by atoms with Crippen LogP contribution in [0.25, 0.3) is 0 Å². The summed E-state index contributed by atoms with van der Waals surface area (Å²) in [4.78, 5) is 0. The zero-order valence-electron chi connectivity index (χ0n) is 16.4. The van der Waals surface area contributed by atoms with Crippen molar-refractivity contribution in [1.82, 2.24) is 0 Å². The summed E-state index contributed by atoms with van der Waals surface area (Å²) in [5.41, 5.74) is 3.54. The van der Waals surface area contributed by atoms with Gasteiger partial charge in [-0.3, -0.25) is 0 Å². The molecule has 2 rings (SSSR count). The first kappa shape index (κ1) is 24.6. The Balaban J connectivity index is 0.00000264. The van der Waals surface area contributed by atoms with Crippen LogP contribution in [0.2, 0.25) is 20.3 Å². The van der Waals surface area contributed by atoms with Gasteiger partial charge in [-0.15, -0.1) is 0 Å². The smallest absolute Gasteiger partial charge is 1.00 e. The van der Waals surface area contributed by atoms with Crippen LogP contribution >= 0.6 is 0 Å². The normalized spacial score (nSPS) is 22.1. The molecule has 0 saturated heterocycles. The van der Waals surface area contributed by atoms with Crippen LogP contribution in [0.3, 0.4) is 0 Å². The average Bonchev–Trinajstić information content (AvgIpc) is 2.95. The molecule has 2 atom stereocenters. The van der Waals surface area contributed by atoms with Crippen LogP contribution in [0.1, 0.15) is 41.5 Å². The molecule has 0 amide bonds. The number of hydrogen-bond acceptors (Lipinski definition) is 0. The van der Waals surface area contributed by atoms with E-state index in [1.807, 2.05) is 0 Å². The predicted octanol–water partition coefficient (Wildman–Crippen LogP) is 0.525. The van der Waals surface area contributed by atoms with Crippen molar-refractivity contribution < 1.29 is 45.2 Å². The summed E-state index contributed by atoms with van der Waals surface area (Å²) in [6, 6.07) is 0. The number of hydrogen-bond donors (Lipinski definition) is 0. The first-order chi connectivity index (χ1) is 10.00. The van der Waals surface area contributed by atoms with Crippen molar-refractivity contribution in [2.24, 2.45) is 10.8 Å². The van der Waals surface area contributed by atoms with Gasteiger partial charge in [-0.1, -0.05) is 0 Å². The molecule has 0 aromatic heterocycles. The van der Waals surface area contributed by atoms with E-state index in [4.69, 9.17) is 0 Å². The minimum atomic E-state index is -1.53. The molecule has 0 N–H and O–H groups in total. The Morgan fingerprint density at radius 2 is 1.08 bits per heavy atom. The maximum Gasteiger partial charge on any atom is -1.00 e. The summed E-state index contributed by atoms with van der Waals surface area (Å²) < 4.78 is 1.62. The summed E-state index contributed by atoms with van der Waals surface area (Å²) in [5, 5.41) is 0. The van der Waals surface area contributed by atoms with Gasteiger partial charge in [0.15, 0.2) is 0 Å². The third kappa shape index (κ3) is 5.83. The summed E-state index contributed by atoms with van der Waals surface area (Å²) >= 11 is -1.53. The molecule has 4 heteroatoms. The van der Waals surface area contributed by atoms with Crippen LogP contribution in [0.15, 0.2) is 47.6 Å². The minimum absolute atomic E-state index is 0. The largest absolute Gasteiger partial charge is 1.00 e. The molecule has 0 nitrogen and oxygen atoms in total. The quantitative estimate of drug-likeness (QED) is 0.525. The number of allylic oxidation sites excluding steroid dienone is 8. The van der Waals surface area contributed by atoms with Crippen molar-refractivity contribution in [3.8, 4) is 0 Å². The standard InChI is InChI=1S/2C9H13.C2H6Si.2ClH.Zr/c2*1-9(2,3)8-6-4-5-7-8;1-3-2;;;/h2*4-7H,1-3H3;1-2H3;2*1H;/q;;;;;+2/p-2. The first-order valence-corrected chi connectivity index (χ1v) is 17.5. The van der Waals surface area contributed by atoms with Gasteiger partial charge in [0, 0.05) is 0 Å². The summed E-state index contributed by atoms with van der Waals surface area (Å²) in [7, 11) is 0. The first-order valence-electron chi connectivity index (χ1n) is 8.48. The van der Waals surface area contributed by atoms with E-state index in [1.165, 1.54) is 0 Å².